The average Bonchev–Trinajstić information content (AvgIpc) is 2.45. The van der Waals surface area contributed by atoms with Gasteiger partial charge in [0.05, 0.1) is 0 Å². The lowest BCUT2D eigenvalue weighted by Crippen LogP contribution is -2.28. The molecule has 0 amide bonds. The van der Waals surface area contributed by atoms with Crippen molar-refractivity contribution >= 4 is 10.0 Å². The van der Waals surface area contributed by atoms with E-state index in [-0.39, 0.29) is 0 Å². The summed E-state index contributed by atoms with van der Waals surface area (Å²) in [5.41, 5.74) is 0.210. The molecule has 0 saturated heterocycles. The van der Waals surface area contributed by atoms with Crippen LogP contribution in [-0.4, -0.2) is 13.9 Å². The number of primary sulfonamides is 1. The van der Waals surface area contributed by atoms with Crippen LogP contribution in [0.2, 0.25) is 0 Å². The molecule has 72 valence electrons. The molecular formula is C8H11NO3S. The second-order valence-corrected chi connectivity index (χ2v) is 4.95. The first kappa shape index (κ1) is 8.77. The van der Waals surface area contributed by atoms with Crippen LogP contribution in [0, 0.1) is 0 Å². The summed E-state index contributed by atoms with van der Waals surface area (Å²) in [6.07, 6.45) is 6.07. The molecule has 4 nitrogen and oxygen atoms in total. The van der Waals surface area contributed by atoms with Gasteiger partial charge in [0, 0.05) is 6.42 Å². The van der Waals surface area contributed by atoms with Gasteiger partial charge in [0.25, 0.3) is 0 Å². The van der Waals surface area contributed by atoms with Crippen LogP contribution in [0.3, 0.4) is 0 Å². The van der Waals surface area contributed by atoms with Crippen LogP contribution in [0.1, 0.15) is 19.3 Å². The number of hydrogen-bond acceptors (Lipinski definition) is 3. The van der Waals surface area contributed by atoms with E-state index in [1.165, 1.54) is 0 Å². The molecule has 1 heterocycles. The maximum absolute atomic E-state index is 11.0. The Bertz CT molecular complexity index is 380. The van der Waals surface area contributed by atoms with E-state index in [2.05, 4.69) is 0 Å². The lowest BCUT2D eigenvalue weighted by molar-refractivity contribution is 0.216. The second-order valence-electron chi connectivity index (χ2n) is 3.25. The maximum atomic E-state index is 11.0. The van der Waals surface area contributed by atoms with E-state index in [4.69, 9.17) is 9.88 Å². The number of allylic oxidation sites excluding steroid dienone is 2. The minimum absolute atomic E-state index is 0.429. The van der Waals surface area contributed by atoms with E-state index < -0.39 is 15.5 Å². The van der Waals surface area contributed by atoms with Crippen molar-refractivity contribution in [1.29, 1.82) is 0 Å². The van der Waals surface area contributed by atoms with Crippen molar-refractivity contribution in [3.05, 3.63) is 23.5 Å². The van der Waals surface area contributed by atoms with Crippen molar-refractivity contribution in [2.45, 2.75) is 24.7 Å². The van der Waals surface area contributed by atoms with Crippen molar-refractivity contribution in [2.75, 3.05) is 0 Å². The molecule has 0 fully saturated rings. The standard InChI is InChI=1S/C8H11NO3S/c9-13(10,11)8-5-6-3-1-2-4-7(6)12-8/h2,4,8H,1,3,5H2,(H2,9,10,11). The van der Waals surface area contributed by atoms with Gasteiger partial charge in [-0.1, -0.05) is 6.08 Å². The largest absolute Gasteiger partial charge is 0.473 e. The van der Waals surface area contributed by atoms with Gasteiger partial charge >= 0.3 is 0 Å². The summed E-state index contributed by atoms with van der Waals surface area (Å²) in [7, 11) is -3.56. The van der Waals surface area contributed by atoms with Crippen LogP contribution in [0.5, 0.6) is 0 Å². The zero-order valence-electron chi connectivity index (χ0n) is 7.06. The third kappa shape index (κ3) is 1.62. The fourth-order valence-corrected chi connectivity index (χ4v) is 2.25. The summed E-state index contributed by atoms with van der Waals surface area (Å²) in [6, 6.07) is 0. The van der Waals surface area contributed by atoms with Crippen LogP contribution in [0.4, 0.5) is 0 Å². The third-order valence-corrected chi connectivity index (χ3v) is 3.26. The van der Waals surface area contributed by atoms with Gasteiger partial charge in [0.15, 0.2) is 0 Å². The fourth-order valence-electron chi connectivity index (χ4n) is 1.58. The van der Waals surface area contributed by atoms with Gasteiger partial charge in [0.1, 0.15) is 5.76 Å². The van der Waals surface area contributed by atoms with Crippen molar-refractivity contribution in [2.24, 2.45) is 5.14 Å². The summed E-state index contributed by atoms with van der Waals surface area (Å²) in [5, 5.41) is 4.99. The average molecular weight is 201 g/mol. The molecule has 1 atom stereocenters. The predicted octanol–water partition coefficient (Wildman–Crippen LogP) is 0.625. The van der Waals surface area contributed by atoms with Crippen LogP contribution >= 0.6 is 0 Å². The summed E-state index contributed by atoms with van der Waals surface area (Å²) in [5.74, 6) is 0.699. The molecule has 2 N–H and O–H groups in total. The second kappa shape index (κ2) is 2.85. The highest BCUT2D eigenvalue weighted by atomic mass is 32.2. The molecule has 2 rings (SSSR count). The van der Waals surface area contributed by atoms with E-state index in [1.807, 2.05) is 12.2 Å². The fraction of sp³-hybridized carbons (Fsp3) is 0.500. The van der Waals surface area contributed by atoms with Crippen LogP contribution in [0.25, 0.3) is 0 Å². The molecule has 1 aliphatic carbocycles. The Kier molecular flexibility index (Phi) is 1.92. The highest BCUT2D eigenvalue weighted by Crippen LogP contribution is 2.33. The quantitative estimate of drug-likeness (QED) is 0.676. The molecule has 13 heavy (non-hydrogen) atoms. The van der Waals surface area contributed by atoms with Crippen molar-refractivity contribution < 1.29 is 13.2 Å². The Morgan fingerprint density at radius 3 is 2.92 bits per heavy atom. The van der Waals surface area contributed by atoms with Crippen LogP contribution in [0.15, 0.2) is 23.5 Å². The zero-order chi connectivity index (χ0) is 9.47. The highest BCUT2D eigenvalue weighted by molar-refractivity contribution is 7.89. The first-order valence-electron chi connectivity index (χ1n) is 4.14. The van der Waals surface area contributed by atoms with E-state index in [9.17, 15) is 8.42 Å². The molecule has 1 aliphatic heterocycles. The van der Waals surface area contributed by atoms with Crippen molar-refractivity contribution in [1.82, 2.24) is 0 Å². The minimum atomic E-state index is -3.56. The molecule has 2 aliphatic rings. The summed E-state index contributed by atoms with van der Waals surface area (Å²) in [6.45, 7) is 0. The molecule has 0 aromatic rings. The summed E-state index contributed by atoms with van der Waals surface area (Å²) < 4.78 is 27.2. The molecule has 0 aromatic heterocycles. The van der Waals surface area contributed by atoms with Gasteiger partial charge < -0.3 is 4.74 Å². The lowest BCUT2D eigenvalue weighted by atomic mass is 10.0. The van der Waals surface area contributed by atoms with Crippen LogP contribution in [-0.2, 0) is 14.8 Å². The van der Waals surface area contributed by atoms with Gasteiger partial charge in [-0.05, 0) is 24.5 Å². The molecule has 0 bridgehead atoms. The molecule has 1 unspecified atom stereocenters. The number of hydrogen-bond donors (Lipinski definition) is 1. The van der Waals surface area contributed by atoms with E-state index in [1.54, 1.807) is 0 Å². The molecule has 0 spiro atoms. The lowest BCUT2D eigenvalue weighted by Gasteiger charge is -2.08. The molecule has 0 aromatic carbocycles. The Morgan fingerprint density at radius 2 is 2.31 bits per heavy atom. The highest BCUT2D eigenvalue weighted by Gasteiger charge is 2.32. The van der Waals surface area contributed by atoms with E-state index >= 15 is 0 Å². The normalized spacial score (nSPS) is 27.3. The monoisotopic (exact) mass is 201 g/mol. The Morgan fingerprint density at radius 1 is 1.54 bits per heavy atom. The molecule has 5 heteroatoms. The van der Waals surface area contributed by atoms with Gasteiger partial charge in [-0.3, -0.25) is 0 Å². The first-order chi connectivity index (χ1) is 6.07. The SMILES string of the molecule is NS(=O)(=O)C1CC2=C(C=CCC2)O1. The smallest absolute Gasteiger partial charge is 0.247 e. The van der Waals surface area contributed by atoms with Crippen molar-refractivity contribution in [3.63, 3.8) is 0 Å². The Hall–Kier alpha value is -0.810. The van der Waals surface area contributed by atoms with Gasteiger partial charge in [-0.15, -0.1) is 0 Å². The minimum Gasteiger partial charge on any atom is -0.473 e. The van der Waals surface area contributed by atoms with Gasteiger partial charge in [0.2, 0.25) is 15.5 Å². The molecule has 0 radical (unpaired) electrons. The van der Waals surface area contributed by atoms with Gasteiger partial charge in [-0.25, -0.2) is 13.6 Å². The molecular weight excluding hydrogens is 190 g/mol. The molecule has 0 saturated carbocycles. The van der Waals surface area contributed by atoms with Crippen molar-refractivity contribution in [3.8, 4) is 0 Å². The van der Waals surface area contributed by atoms with Crippen LogP contribution < -0.4 is 5.14 Å². The number of sulfonamides is 1. The number of ether oxygens (including phenoxy) is 1. The van der Waals surface area contributed by atoms with E-state index in [0.29, 0.717) is 12.2 Å². The third-order valence-electron chi connectivity index (χ3n) is 2.27. The van der Waals surface area contributed by atoms with Gasteiger partial charge in [-0.2, -0.15) is 0 Å². The summed E-state index contributed by atoms with van der Waals surface area (Å²) in [4.78, 5) is 0. The van der Waals surface area contributed by atoms with E-state index in [0.717, 1.165) is 18.4 Å². The Balaban J connectivity index is 2.20. The summed E-state index contributed by atoms with van der Waals surface area (Å²) >= 11 is 0. The zero-order valence-corrected chi connectivity index (χ0v) is 7.88. The predicted molar refractivity (Wildman–Crippen MR) is 48.0 cm³/mol. The Labute approximate surface area is 77.1 Å². The maximum Gasteiger partial charge on any atom is 0.247 e. The first-order valence-corrected chi connectivity index (χ1v) is 5.75. The topological polar surface area (TPSA) is 69.4 Å². The number of rotatable bonds is 1. The number of nitrogens with two attached hydrogens (primary N) is 1.